The number of benzene rings is 1. The number of hydrogen-bond acceptors (Lipinski definition) is 3. The van der Waals surface area contributed by atoms with E-state index in [1.54, 1.807) is 30.3 Å². The minimum Gasteiger partial charge on any atom is -0.487 e. The van der Waals surface area contributed by atoms with Gasteiger partial charge in [-0.2, -0.15) is 8.78 Å². The molecule has 2 rings (SSSR count). The number of rotatable bonds is 10. The van der Waals surface area contributed by atoms with Crippen LogP contribution in [0.2, 0.25) is 0 Å². The number of carbonyl (C=O) groups is 1. The summed E-state index contributed by atoms with van der Waals surface area (Å²) in [6.07, 6.45) is 13.5. The van der Waals surface area contributed by atoms with Crippen LogP contribution in [0.25, 0.3) is 0 Å². The van der Waals surface area contributed by atoms with Crippen molar-refractivity contribution in [3.8, 4) is 5.75 Å². The first-order valence-corrected chi connectivity index (χ1v) is 11.9. The van der Waals surface area contributed by atoms with E-state index in [-0.39, 0.29) is 12.1 Å². The van der Waals surface area contributed by atoms with Gasteiger partial charge in [-0.05, 0) is 70.6 Å². The Morgan fingerprint density at radius 1 is 1.16 bits per heavy atom. The molecule has 1 aliphatic carbocycles. The molecule has 5 heteroatoms. The van der Waals surface area contributed by atoms with Gasteiger partial charge in [-0.1, -0.05) is 63.1 Å². The summed E-state index contributed by atoms with van der Waals surface area (Å²) in [5.41, 5.74) is 0. The lowest BCUT2D eigenvalue weighted by molar-refractivity contribution is -0.147. The number of alkyl halides is 2. The predicted molar refractivity (Wildman–Crippen MR) is 129 cm³/mol. The highest BCUT2D eigenvalue weighted by atomic mass is 19.3. The molecular weight excluding hydrogens is 410 g/mol. The SMILES string of the molecule is C/C=C\CCCC(=O)OC(C)C.CC.FC(F)(/C=C/C1CCCC1)COc1ccccc1. The van der Waals surface area contributed by atoms with Gasteiger partial charge in [0.25, 0.3) is 5.92 Å². The van der Waals surface area contributed by atoms with E-state index in [1.165, 1.54) is 0 Å². The van der Waals surface area contributed by atoms with Crippen LogP contribution in [0.5, 0.6) is 5.75 Å². The van der Waals surface area contributed by atoms with E-state index >= 15 is 0 Å². The van der Waals surface area contributed by atoms with Gasteiger partial charge in [0.2, 0.25) is 0 Å². The Morgan fingerprint density at radius 2 is 1.78 bits per heavy atom. The Balaban J connectivity index is 0.000000602. The van der Waals surface area contributed by atoms with Gasteiger partial charge in [0.15, 0.2) is 6.61 Å². The smallest absolute Gasteiger partial charge is 0.306 e. The second-order valence-corrected chi connectivity index (χ2v) is 7.77. The Bertz CT molecular complexity index is 634. The first kappa shape index (κ1) is 29.8. The molecule has 0 aromatic heterocycles. The molecule has 0 amide bonds. The number of halogens is 2. The number of allylic oxidation sites excluding steroid dienone is 3. The van der Waals surface area contributed by atoms with Gasteiger partial charge in [0.05, 0.1) is 6.10 Å². The van der Waals surface area contributed by atoms with Crippen LogP contribution in [0.4, 0.5) is 8.78 Å². The van der Waals surface area contributed by atoms with E-state index < -0.39 is 12.5 Å². The van der Waals surface area contributed by atoms with E-state index in [1.807, 2.05) is 46.8 Å². The van der Waals surface area contributed by atoms with Crippen LogP contribution in [-0.2, 0) is 9.53 Å². The fourth-order valence-corrected chi connectivity index (χ4v) is 3.02. The molecule has 1 saturated carbocycles. The van der Waals surface area contributed by atoms with Crippen molar-refractivity contribution in [2.45, 2.75) is 91.6 Å². The van der Waals surface area contributed by atoms with Crippen LogP contribution in [0.1, 0.15) is 79.6 Å². The minimum absolute atomic E-state index is 0.0132. The maximum Gasteiger partial charge on any atom is 0.306 e. The van der Waals surface area contributed by atoms with E-state index in [0.717, 1.165) is 44.6 Å². The van der Waals surface area contributed by atoms with Crippen molar-refractivity contribution in [1.29, 1.82) is 0 Å². The molecule has 0 N–H and O–H groups in total. The quantitative estimate of drug-likeness (QED) is 0.204. The minimum atomic E-state index is -2.89. The summed E-state index contributed by atoms with van der Waals surface area (Å²) in [7, 11) is 0. The van der Waals surface area contributed by atoms with Gasteiger partial charge in [-0.3, -0.25) is 4.79 Å². The maximum atomic E-state index is 13.6. The standard InChI is InChI=1S/C15H18F2O.C10H18O2.C2H6/c16-15(17,11-10-13-6-4-5-7-13)12-18-14-8-2-1-3-9-14;1-4-5-6-7-8-10(11)12-9(2)3;1-2/h1-3,8-11,13H,4-7,12H2;4-5,9H,6-8H2,1-3H3;1-2H3/b11-10+;5-4-;. The molecule has 0 atom stereocenters. The van der Waals surface area contributed by atoms with Crippen LogP contribution < -0.4 is 4.74 Å². The number of carbonyl (C=O) groups excluding carboxylic acids is 1. The molecule has 1 aliphatic rings. The molecule has 32 heavy (non-hydrogen) atoms. The fraction of sp³-hybridized carbons (Fsp3) is 0.593. The molecule has 182 valence electrons. The zero-order chi connectivity index (χ0) is 24.2. The van der Waals surface area contributed by atoms with Gasteiger partial charge < -0.3 is 9.47 Å². The van der Waals surface area contributed by atoms with Crippen molar-refractivity contribution in [3.63, 3.8) is 0 Å². The van der Waals surface area contributed by atoms with Crippen LogP contribution >= 0.6 is 0 Å². The lowest BCUT2D eigenvalue weighted by Crippen LogP contribution is -2.23. The molecule has 0 saturated heterocycles. The Hall–Kier alpha value is -2.17. The van der Waals surface area contributed by atoms with Crippen molar-refractivity contribution in [3.05, 3.63) is 54.6 Å². The molecule has 0 spiro atoms. The number of unbranched alkanes of at least 4 members (excludes halogenated alkanes) is 1. The van der Waals surface area contributed by atoms with Crippen LogP contribution in [0.3, 0.4) is 0 Å². The molecule has 0 unspecified atom stereocenters. The zero-order valence-corrected chi connectivity index (χ0v) is 20.5. The van der Waals surface area contributed by atoms with Gasteiger partial charge >= 0.3 is 5.97 Å². The van der Waals surface area contributed by atoms with Gasteiger partial charge in [-0.25, -0.2) is 0 Å². The van der Waals surface area contributed by atoms with E-state index in [4.69, 9.17) is 9.47 Å². The lowest BCUT2D eigenvalue weighted by Gasteiger charge is -2.14. The van der Waals surface area contributed by atoms with Crippen LogP contribution in [0, 0.1) is 5.92 Å². The number of esters is 1. The molecule has 3 nitrogen and oxygen atoms in total. The number of para-hydroxylation sites is 1. The fourth-order valence-electron chi connectivity index (χ4n) is 3.02. The molecule has 0 aliphatic heterocycles. The Labute approximate surface area is 193 Å². The molecule has 1 fully saturated rings. The highest BCUT2D eigenvalue weighted by Gasteiger charge is 2.27. The average Bonchev–Trinajstić information content (AvgIpc) is 3.30. The van der Waals surface area contributed by atoms with Crippen molar-refractivity contribution < 1.29 is 23.0 Å². The summed E-state index contributed by atoms with van der Waals surface area (Å²) in [6.45, 7) is 9.11. The summed E-state index contributed by atoms with van der Waals surface area (Å²) in [5, 5.41) is 0. The van der Waals surface area contributed by atoms with Crippen molar-refractivity contribution in [2.75, 3.05) is 6.61 Å². The Kier molecular flexibility index (Phi) is 17.2. The summed E-state index contributed by atoms with van der Waals surface area (Å²) >= 11 is 0. The highest BCUT2D eigenvalue weighted by Crippen LogP contribution is 2.27. The molecule has 0 heterocycles. The van der Waals surface area contributed by atoms with Gasteiger partial charge in [0, 0.05) is 6.42 Å². The van der Waals surface area contributed by atoms with Crippen LogP contribution in [-0.4, -0.2) is 24.6 Å². The number of hydrogen-bond donors (Lipinski definition) is 0. The van der Waals surface area contributed by atoms with E-state index in [0.29, 0.717) is 18.1 Å². The number of ether oxygens (including phenoxy) is 2. The first-order chi connectivity index (χ1) is 15.3. The van der Waals surface area contributed by atoms with Crippen molar-refractivity contribution in [2.24, 2.45) is 5.92 Å². The second kappa shape index (κ2) is 18.4. The van der Waals surface area contributed by atoms with Crippen LogP contribution in [0.15, 0.2) is 54.6 Å². The summed E-state index contributed by atoms with van der Waals surface area (Å²) < 4.78 is 37.2. The topological polar surface area (TPSA) is 35.5 Å². The molecule has 1 aromatic rings. The maximum absolute atomic E-state index is 13.6. The van der Waals surface area contributed by atoms with Crippen molar-refractivity contribution >= 4 is 5.97 Å². The highest BCUT2D eigenvalue weighted by molar-refractivity contribution is 5.69. The van der Waals surface area contributed by atoms with E-state index in [9.17, 15) is 13.6 Å². The summed E-state index contributed by atoms with van der Waals surface area (Å²) in [5.74, 6) is -2.17. The van der Waals surface area contributed by atoms with E-state index in [2.05, 4.69) is 6.08 Å². The third-order valence-corrected chi connectivity index (χ3v) is 4.54. The monoisotopic (exact) mass is 452 g/mol. The third kappa shape index (κ3) is 16.5. The summed E-state index contributed by atoms with van der Waals surface area (Å²) in [6, 6.07) is 8.71. The molecule has 0 bridgehead atoms. The molecule has 0 radical (unpaired) electrons. The average molecular weight is 453 g/mol. The molecule has 1 aromatic carbocycles. The van der Waals surface area contributed by atoms with Gasteiger partial charge in [0.1, 0.15) is 5.75 Å². The third-order valence-electron chi connectivity index (χ3n) is 4.54. The Morgan fingerprint density at radius 3 is 2.34 bits per heavy atom. The largest absolute Gasteiger partial charge is 0.487 e. The first-order valence-electron chi connectivity index (χ1n) is 11.9. The summed E-state index contributed by atoms with van der Waals surface area (Å²) in [4.78, 5) is 11.0. The zero-order valence-electron chi connectivity index (χ0n) is 20.5. The van der Waals surface area contributed by atoms with Gasteiger partial charge in [-0.15, -0.1) is 0 Å². The second-order valence-electron chi connectivity index (χ2n) is 7.77. The lowest BCUT2D eigenvalue weighted by atomic mass is 10.1. The molecular formula is C27H42F2O3. The van der Waals surface area contributed by atoms with Crippen molar-refractivity contribution in [1.82, 2.24) is 0 Å². The normalized spacial score (nSPS) is 14.1. The predicted octanol–water partition coefficient (Wildman–Crippen LogP) is 8.16.